The van der Waals surface area contributed by atoms with Crippen molar-refractivity contribution in [2.24, 2.45) is 11.3 Å². The minimum Gasteiger partial charge on any atom is -0.378 e. The standard InChI is InChI=1S/C25H36N4O6S/c1-25(2,3)14-19(13-22(31)27-9-11-35-12-10-27)24(32)28-8-6-20-23(28)21(30)16-29(20)36(33,34)17-18-5-4-7-26-15-18/h4-5,7,15,19-20,23H,6,8-14,16-17H2,1-3H3. The first-order chi connectivity index (χ1) is 17.0. The van der Waals surface area contributed by atoms with E-state index in [1.54, 1.807) is 23.2 Å². The van der Waals surface area contributed by atoms with Crippen LogP contribution >= 0.6 is 0 Å². The van der Waals surface area contributed by atoms with Crippen molar-refractivity contribution in [2.45, 2.75) is 57.9 Å². The molecule has 11 heteroatoms. The highest BCUT2D eigenvalue weighted by Crippen LogP contribution is 2.36. The summed E-state index contributed by atoms with van der Waals surface area (Å²) in [4.78, 5) is 47.1. The van der Waals surface area contributed by atoms with Crippen LogP contribution in [0.1, 0.15) is 45.6 Å². The van der Waals surface area contributed by atoms with Crippen LogP contribution in [0.3, 0.4) is 0 Å². The predicted octanol–water partition coefficient (Wildman–Crippen LogP) is 1.07. The second kappa shape index (κ2) is 10.5. The molecule has 3 aliphatic heterocycles. The van der Waals surface area contributed by atoms with E-state index in [0.717, 1.165) is 0 Å². The molecule has 0 saturated carbocycles. The van der Waals surface area contributed by atoms with Crippen LogP contribution in [-0.4, -0.2) is 96.6 Å². The Morgan fingerprint density at radius 3 is 2.56 bits per heavy atom. The molecule has 4 heterocycles. The number of amides is 2. The maximum absolute atomic E-state index is 13.8. The number of Topliss-reactive ketones (excluding diaryl/α,β-unsaturated/α-hetero) is 1. The summed E-state index contributed by atoms with van der Waals surface area (Å²) in [5.74, 6) is -1.41. The van der Waals surface area contributed by atoms with Crippen LogP contribution in [-0.2, 0) is 34.9 Å². The fourth-order valence-corrected chi connectivity index (χ4v) is 7.25. The lowest BCUT2D eigenvalue weighted by Crippen LogP contribution is -2.48. The molecule has 3 atom stereocenters. The van der Waals surface area contributed by atoms with Crippen molar-refractivity contribution in [1.82, 2.24) is 19.1 Å². The lowest BCUT2D eigenvalue weighted by molar-refractivity contribution is -0.145. The topological polar surface area (TPSA) is 117 Å². The number of aromatic nitrogens is 1. The van der Waals surface area contributed by atoms with Gasteiger partial charge in [0.2, 0.25) is 21.8 Å². The second-order valence-corrected chi connectivity index (χ2v) is 13.0. The molecule has 1 aromatic heterocycles. The molecule has 0 radical (unpaired) electrons. The number of morpholine rings is 1. The van der Waals surface area contributed by atoms with Crippen molar-refractivity contribution in [2.75, 3.05) is 39.4 Å². The Hall–Kier alpha value is -2.37. The van der Waals surface area contributed by atoms with Crippen molar-refractivity contribution in [3.63, 3.8) is 0 Å². The number of nitrogens with zero attached hydrogens (tertiary/aromatic N) is 4. The largest absolute Gasteiger partial charge is 0.378 e. The summed E-state index contributed by atoms with van der Waals surface area (Å²) < 4.78 is 33.0. The Balaban J connectivity index is 1.50. The maximum Gasteiger partial charge on any atom is 0.226 e. The number of fused-ring (bicyclic) bond motifs is 1. The molecule has 10 nitrogen and oxygen atoms in total. The molecule has 3 unspecified atom stereocenters. The summed E-state index contributed by atoms with van der Waals surface area (Å²) in [7, 11) is -3.77. The molecule has 36 heavy (non-hydrogen) atoms. The Kier molecular flexibility index (Phi) is 7.82. The van der Waals surface area contributed by atoms with Crippen LogP contribution in [0.2, 0.25) is 0 Å². The van der Waals surface area contributed by atoms with E-state index < -0.39 is 28.0 Å². The zero-order chi connectivity index (χ0) is 26.1. The first kappa shape index (κ1) is 26.7. The van der Waals surface area contributed by atoms with Crippen molar-refractivity contribution >= 4 is 27.6 Å². The number of sulfonamides is 1. The van der Waals surface area contributed by atoms with Crippen molar-refractivity contribution in [3.05, 3.63) is 30.1 Å². The molecular formula is C25H36N4O6S. The zero-order valence-electron chi connectivity index (χ0n) is 21.3. The minimum absolute atomic E-state index is 0.0706. The number of ether oxygens (including phenoxy) is 1. The van der Waals surface area contributed by atoms with E-state index in [2.05, 4.69) is 4.98 Å². The van der Waals surface area contributed by atoms with Crippen LogP contribution in [0.4, 0.5) is 0 Å². The highest BCUT2D eigenvalue weighted by atomic mass is 32.2. The van der Waals surface area contributed by atoms with Crippen LogP contribution in [0.5, 0.6) is 0 Å². The van der Waals surface area contributed by atoms with Crippen molar-refractivity contribution in [1.29, 1.82) is 0 Å². The van der Waals surface area contributed by atoms with Gasteiger partial charge in [0.25, 0.3) is 0 Å². The number of pyridine rings is 1. The SMILES string of the molecule is CC(C)(C)CC(CC(=O)N1CCOCC1)C(=O)N1CCC2C1C(=O)CN2S(=O)(=O)Cc1cccnc1. The summed E-state index contributed by atoms with van der Waals surface area (Å²) >= 11 is 0. The molecule has 1 aromatic rings. The number of likely N-dealkylation sites (tertiary alicyclic amines) is 1. The smallest absolute Gasteiger partial charge is 0.226 e. The molecule has 3 saturated heterocycles. The molecular weight excluding hydrogens is 484 g/mol. The Morgan fingerprint density at radius 2 is 1.92 bits per heavy atom. The van der Waals surface area contributed by atoms with E-state index in [1.165, 1.54) is 15.4 Å². The normalized spacial score (nSPS) is 24.1. The lowest BCUT2D eigenvalue weighted by Gasteiger charge is -2.33. The van der Waals surface area contributed by atoms with Gasteiger partial charge in [0.05, 0.1) is 31.6 Å². The fourth-order valence-electron chi connectivity index (χ4n) is 5.53. The predicted molar refractivity (Wildman–Crippen MR) is 132 cm³/mol. The van der Waals surface area contributed by atoms with Gasteiger partial charge in [-0.15, -0.1) is 0 Å². The quantitative estimate of drug-likeness (QED) is 0.528. The molecule has 4 rings (SSSR count). The van der Waals surface area contributed by atoms with Crippen LogP contribution in [0.15, 0.2) is 24.5 Å². The van der Waals surface area contributed by atoms with Crippen LogP contribution in [0, 0.1) is 11.3 Å². The molecule has 0 N–H and O–H groups in total. The van der Waals surface area contributed by atoms with E-state index in [4.69, 9.17) is 4.74 Å². The molecule has 2 amide bonds. The van der Waals surface area contributed by atoms with E-state index in [-0.39, 0.29) is 41.7 Å². The van der Waals surface area contributed by atoms with Gasteiger partial charge in [-0.3, -0.25) is 19.4 Å². The molecule has 0 aliphatic carbocycles. The fraction of sp³-hybridized carbons (Fsp3) is 0.680. The Bertz CT molecular complexity index is 1080. The van der Waals surface area contributed by atoms with Gasteiger partial charge in [0, 0.05) is 44.4 Å². The average molecular weight is 521 g/mol. The first-order valence-corrected chi connectivity index (χ1v) is 14.1. The number of carbonyl (C=O) groups is 3. The summed E-state index contributed by atoms with van der Waals surface area (Å²) in [5, 5.41) is 0. The van der Waals surface area contributed by atoms with Gasteiger partial charge >= 0.3 is 0 Å². The third-order valence-electron chi connectivity index (χ3n) is 7.08. The van der Waals surface area contributed by atoms with E-state index in [1.807, 2.05) is 20.8 Å². The highest BCUT2D eigenvalue weighted by molar-refractivity contribution is 7.88. The average Bonchev–Trinajstić information content (AvgIpc) is 3.40. The van der Waals surface area contributed by atoms with Gasteiger partial charge in [-0.2, -0.15) is 4.31 Å². The number of hydrogen-bond donors (Lipinski definition) is 0. The van der Waals surface area contributed by atoms with Gasteiger partial charge in [-0.05, 0) is 29.9 Å². The second-order valence-electron chi connectivity index (χ2n) is 11.1. The van der Waals surface area contributed by atoms with Gasteiger partial charge in [-0.25, -0.2) is 8.42 Å². The molecule has 0 bridgehead atoms. The summed E-state index contributed by atoms with van der Waals surface area (Å²) in [5.41, 5.74) is 0.343. The van der Waals surface area contributed by atoms with Gasteiger partial charge in [0.1, 0.15) is 6.04 Å². The van der Waals surface area contributed by atoms with Gasteiger partial charge < -0.3 is 14.5 Å². The number of ketones is 1. The monoisotopic (exact) mass is 520 g/mol. The van der Waals surface area contributed by atoms with E-state index >= 15 is 0 Å². The molecule has 0 aromatic carbocycles. The molecule has 3 fully saturated rings. The summed E-state index contributed by atoms with van der Waals surface area (Å²) in [6, 6.07) is 1.98. The third kappa shape index (κ3) is 5.95. The maximum atomic E-state index is 13.8. The summed E-state index contributed by atoms with van der Waals surface area (Å²) in [6.45, 7) is 8.10. The first-order valence-electron chi connectivity index (χ1n) is 12.5. The van der Waals surface area contributed by atoms with Crippen LogP contribution < -0.4 is 0 Å². The number of carbonyl (C=O) groups excluding carboxylic acids is 3. The van der Waals surface area contributed by atoms with Crippen LogP contribution in [0.25, 0.3) is 0 Å². The highest BCUT2D eigenvalue weighted by Gasteiger charge is 2.54. The lowest BCUT2D eigenvalue weighted by atomic mass is 9.82. The van der Waals surface area contributed by atoms with E-state index in [0.29, 0.717) is 51.3 Å². The van der Waals surface area contributed by atoms with E-state index in [9.17, 15) is 22.8 Å². The number of hydrogen-bond acceptors (Lipinski definition) is 7. The summed E-state index contributed by atoms with van der Waals surface area (Å²) in [6.07, 6.45) is 4.03. The molecule has 3 aliphatic rings. The zero-order valence-corrected chi connectivity index (χ0v) is 22.1. The molecule has 0 spiro atoms. The Morgan fingerprint density at radius 1 is 1.19 bits per heavy atom. The Labute approximate surface area is 213 Å². The van der Waals surface area contributed by atoms with Crippen molar-refractivity contribution in [3.8, 4) is 0 Å². The minimum atomic E-state index is -3.77. The molecule has 198 valence electrons. The van der Waals surface area contributed by atoms with Crippen molar-refractivity contribution < 1.29 is 27.5 Å². The third-order valence-corrected chi connectivity index (χ3v) is 8.90. The van der Waals surface area contributed by atoms with Gasteiger partial charge in [0.15, 0.2) is 5.78 Å². The number of rotatable bonds is 7. The van der Waals surface area contributed by atoms with Gasteiger partial charge in [-0.1, -0.05) is 26.8 Å².